The lowest BCUT2D eigenvalue weighted by Crippen LogP contribution is -2.15. The number of benzene rings is 3. The van der Waals surface area contributed by atoms with Crippen molar-refractivity contribution in [1.82, 2.24) is 0 Å². The number of para-hydroxylation sites is 1. The van der Waals surface area contributed by atoms with Crippen molar-refractivity contribution in [3.63, 3.8) is 0 Å². The van der Waals surface area contributed by atoms with E-state index in [2.05, 4.69) is 10.6 Å². The molecule has 0 saturated carbocycles. The van der Waals surface area contributed by atoms with Gasteiger partial charge in [0.2, 0.25) is 0 Å². The van der Waals surface area contributed by atoms with Crippen LogP contribution in [-0.2, 0) is 6.42 Å². The number of ether oxygens (including phenoxy) is 1. The van der Waals surface area contributed by atoms with Crippen molar-refractivity contribution in [2.75, 3.05) is 17.2 Å². The first-order valence-corrected chi connectivity index (χ1v) is 10.2. The van der Waals surface area contributed by atoms with Gasteiger partial charge >= 0.3 is 0 Å². The van der Waals surface area contributed by atoms with Gasteiger partial charge in [0.1, 0.15) is 5.75 Å². The lowest BCUT2D eigenvalue weighted by atomic mass is 10.1. The fourth-order valence-electron chi connectivity index (χ4n) is 3.18. The zero-order chi connectivity index (χ0) is 22.2. The predicted molar refractivity (Wildman–Crippen MR) is 123 cm³/mol. The first kappa shape index (κ1) is 20.9. The van der Waals surface area contributed by atoms with Crippen LogP contribution in [0.25, 0.3) is 0 Å². The van der Waals surface area contributed by atoms with E-state index in [0.717, 1.165) is 6.42 Å². The topological polar surface area (TPSA) is 80.6 Å². The Labute approximate surface area is 185 Å². The molecule has 6 nitrogen and oxygen atoms in total. The van der Waals surface area contributed by atoms with Crippen LogP contribution in [0.15, 0.2) is 102 Å². The van der Waals surface area contributed by atoms with E-state index in [9.17, 15) is 9.59 Å². The molecule has 0 spiro atoms. The second-order valence-electron chi connectivity index (χ2n) is 7.05. The fraction of sp³-hybridized carbons (Fsp3) is 0.0769. The van der Waals surface area contributed by atoms with Gasteiger partial charge in [-0.15, -0.1) is 0 Å². The molecule has 0 bridgehead atoms. The van der Waals surface area contributed by atoms with Gasteiger partial charge in [0.25, 0.3) is 11.8 Å². The molecular weight excluding hydrogens is 404 g/mol. The van der Waals surface area contributed by atoms with Crippen molar-refractivity contribution in [2.24, 2.45) is 0 Å². The summed E-state index contributed by atoms with van der Waals surface area (Å²) in [5.41, 5.74) is 2.69. The minimum Gasteiger partial charge on any atom is -0.492 e. The van der Waals surface area contributed by atoms with Gasteiger partial charge in [-0.25, -0.2) is 0 Å². The summed E-state index contributed by atoms with van der Waals surface area (Å²) in [4.78, 5) is 25.1. The largest absolute Gasteiger partial charge is 0.492 e. The Bertz CT molecular complexity index is 1190. The Morgan fingerprint density at radius 2 is 1.47 bits per heavy atom. The summed E-state index contributed by atoms with van der Waals surface area (Å²) in [7, 11) is 0. The Balaban J connectivity index is 1.40. The van der Waals surface area contributed by atoms with E-state index < -0.39 is 0 Å². The van der Waals surface area contributed by atoms with Gasteiger partial charge in [0.05, 0.1) is 18.4 Å². The predicted octanol–water partition coefficient (Wildman–Crippen LogP) is 5.41. The Morgan fingerprint density at radius 3 is 2.22 bits per heavy atom. The first-order chi connectivity index (χ1) is 15.7. The third kappa shape index (κ3) is 5.43. The minimum atomic E-state index is -0.365. The van der Waals surface area contributed by atoms with Gasteiger partial charge in [0, 0.05) is 17.8 Å². The van der Waals surface area contributed by atoms with E-state index in [4.69, 9.17) is 9.15 Å². The van der Waals surface area contributed by atoms with E-state index in [1.54, 1.807) is 54.6 Å². The standard InChI is InChI=1S/C26H22N2O4/c29-25(22-12-4-5-13-23(22)32-17-15-19-8-2-1-3-9-19)27-20-10-6-11-21(18-20)28-26(30)24-14-7-16-31-24/h1-14,16,18H,15,17H2,(H,27,29)(H,28,30). The fourth-order valence-corrected chi connectivity index (χ4v) is 3.18. The maximum absolute atomic E-state index is 12.9. The third-order valence-electron chi connectivity index (χ3n) is 4.75. The summed E-state index contributed by atoms with van der Waals surface area (Å²) in [5, 5.41) is 5.61. The molecule has 2 N–H and O–H groups in total. The maximum Gasteiger partial charge on any atom is 0.291 e. The van der Waals surface area contributed by atoms with Gasteiger partial charge in [-0.05, 0) is 48.0 Å². The Hall–Kier alpha value is -4.32. The molecule has 3 aromatic carbocycles. The molecular formula is C26H22N2O4. The molecule has 0 aliphatic heterocycles. The molecule has 4 aromatic rings. The van der Waals surface area contributed by atoms with E-state index in [1.165, 1.54) is 11.8 Å². The number of nitrogens with one attached hydrogen (secondary N) is 2. The minimum absolute atomic E-state index is 0.209. The van der Waals surface area contributed by atoms with E-state index in [1.807, 2.05) is 36.4 Å². The second kappa shape index (κ2) is 10.1. The number of anilines is 2. The normalized spacial score (nSPS) is 10.4. The van der Waals surface area contributed by atoms with Crippen molar-refractivity contribution < 1.29 is 18.7 Å². The highest BCUT2D eigenvalue weighted by atomic mass is 16.5. The molecule has 2 amide bonds. The van der Waals surface area contributed by atoms with Crippen molar-refractivity contribution in [2.45, 2.75) is 6.42 Å². The lowest BCUT2D eigenvalue weighted by Gasteiger charge is -2.12. The van der Waals surface area contributed by atoms with Gasteiger partial charge < -0.3 is 19.8 Å². The highest BCUT2D eigenvalue weighted by Gasteiger charge is 2.14. The molecule has 0 radical (unpaired) electrons. The number of furan rings is 1. The summed E-state index contributed by atoms with van der Waals surface area (Å²) in [6.45, 7) is 0.461. The highest BCUT2D eigenvalue weighted by Crippen LogP contribution is 2.22. The highest BCUT2D eigenvalue weighted by molar-refractivity contribution is 6.07. The Kier molecular flexibility index (Phi) is 6.63. The summed E-state index contributed by atoms with van der Waals surface area (Å²) in [6, 6.07) is 27.3. The van der Waals surface area contributed by atoms with Crippen molar-refractivity contribution in [3.8, 4) is 5.75 Å². The summed E-state index contributed by atoms with van der Waals surface area (Å²) >= 11 is 0. The number of carbonyl (C=O) groups is 2. The quantitative estimate of drug-likeness (QED) is 0.395. The summed E-state index contributed by atoms with van der Waals surface area (Å²) < 4.78 is 11.0. The molecule has 0 aliphatic rings. The van der Waals surface area contributed by atoms with E-state index in [0.29, 0.717) is 29.3 Å². The van der Waals surface area contributed by atoms with Crippen LogP contribution >= 0.6 is 0 Å². The van der Waals surface area contributed by atoms with Crippen molar-refractivity contribution in [3.05, 3.63) is 114 Å². The molecule has 1 aromatic heterocycles. The van der Waals surface area contributed by atoms with Gasteiger partial charge in [-0.3, -0.25) is 9.59 Å². The second-order valence-corrected chi connectivity index (χ2v) is 7.05. The number of rotatable bonds is 8. The van der Waals surface area contributed by atoms with Crippen LogP contribution in [0.1, 0.15) is 26.5 Å². The van der Waals surface area contributed by atoms with Crippen molar-refractivity contribution in [1.29, 1.82) is 0 Å². The average molecular weight is 426 g/mol. The summed E-state index contributed by atoms with van der Waals surface area (Å²) in [6.07, 6.45) is 2.18. The third-order valence-corrected chi connectivity index (χ3v) is 4.75. The van der Waals surface area contributed by atoms with Crippen LogP contribution in [0.2, 0.25) is 0 Å². The van der Waals surface area contributed by atoms with Gasteiger partial charge in [-0.1, -0.05) is 48.5 Å². The molecule has 1 heterocycles. The molecule has 0 fully saturated rings. The molecule has 0 aliphatic carbocycles. The monoisotopic (exact) mass is 426 g/mol. The van der Waals surface area contributed by atoms with Crippen LogP contribution in [0, 0.1) is 0 Å². The smallest absolute Gasteiger partial charge is 0.291 e. The van der Waals surface area contributed by atoms with E-state index >= 15 is 0 Å². The molecule has 6 heteroatoms. The Morgan fingerprint density at radius 1 is 0.750 bits per heavy atom. The van der Waals surface area contributed by atoms with Crippen LogP contribution in [0.4, 0.5) is 11.4 Å². The molecule has 32 heavy (non-hydrogen) atoms. The maximum atomic E-state index is 12.9. The first-order valence-electron chi connectivity index (χ1n) is 10.2. The van der Waals surface area contributed by atoms with Gasteiger partial charge in [-0.2, -0.15) is 0 Å². The molecule has 160 valence electrons. The zero-order valence-electron chi connectivity index (χ0n) is 17.3. The van der Waals surface area contributed by atoms with Crippen LogP contribution < -0.4 is 15.4 Å². The van der Waals surface area contributed by atoms with Crippen LogP contribution in [0.3, 0.4) is 0 Å². The number of hydrogen-bond donors (Lipinski definition) is 2. The molecule has 4 rings (SSSR count). The molecule has 0 atom stereocenters. The average Bonchev–Trinajstić information content (AvgIpc) is 3.36. The molecule has 0 saturated heterocycles. The van der Waals surface area contributed by atoms with Gasteiger partial charge in [0.15, 0.2) is 5.76 Å². The molecule has 0 unspecified atom stereocenters. The van der Waals surface area contributed by atoms with Crippen LogP contribution in [-0.4, -0.2) is 18.4 Å². The number of carbonyl (C=O) groups excluding carboxylic acids is 2. The lowest BCUT2D eigenvalue weighted by molar-refractivity contribution is 0.0994. The zero-order valence-corrected chi connectivity index (χ0v) is 17.3. The van der Waals surface area contributed by atoms with Crippen molar-refractivity contribution >= 4 is 23.2 Å². The van der Waals surface area contributed by atoms with Crippen LogP contribution in [0.5, 0.6) is 5.75 Å². The van der Waals surface area contributed by atoms with E-state index in [-0.39, 0.29) is 17.6 Å². The number of amides is 2. The number of hydrogen-bond acceptors (Lipinski definition) is 4. The summed E-state index contributed by atoms with van der Waals surface area (Å²) in [5.74, 6) is 0.0645. The SMILES string of the molecule is O=C(Nc1cccc(NC(=O)c2ccccc2OCCc2ccccc2)c1)c1ccco1.